The Bertz CT molecular complexity index is 27.0. The van der Waals surface area contributed by atoms with Crippen molar-refractivity contribution in [3.8, 4) is 0 Å². The van der Waals surface area contributed by atoms with Crippen LogP contribution < -0.4 is 5.84 Å². The molecule has 24 valence electrons. The number of hydrazine groups is 1. The molecule has 0 aromatic heterocycles. The highest BCUT2D eigenvalue weighted by molar-refractivity contribution is 3.87. The summed E-state index contributed by atoms with van der Waals surface area (Å²) in [4.78, 5) is 8.58. The first-order valence-electron chi connectivity index (χ1n) is 0.623. The van der Waals surface area contributed by atoms with Crippen molar-refractivity contribution in [2.45, 2.75) is 0 Å². The lowest BCUT2D eigenvalue weighted by Crippen LogP contribution is -2.04. The third-order valence-corrected chi connectivity index (χ3v) is 0. The summed E-state index contributed by atoms with van der Waals surface area (Å²) in [5.74, 6) is 3.83. The van der Waals surface area contributed by atoms with E-state index >= 15 is 0 Å². The summed E-state index contributed by atoms with van der Waals surface area (Å²) in [7, 11) is 0. The molecule has 0 unspecified atom stereocenters. The fourth-order valence-electron chi connectivity index (χ4n) is 0. The van der Waals surface area contributed by atoms with Crippen molar-refractivity contribution >= 4 is 0 Å². The van der Waals surface area contributed by atoms with Crippen LogP contribution in [0.1, 0.15) is 0 Å². The Morgan fingerprint density at radius 2 is 2.00 bits per heavy atom. The SMILES string of the molecule is N[N+](=O)[O-]. The van der Waals surface area contributed by atoms with Crippen LogP contribution in [0.25, 0.3) is 0 Å². The lowest BCUT2D eigenvalue weighted by molar-refractivity contribution is -0.491. The summed E-state index contributed by atoms with van der Waals surface area (Å²) >= 11 is 0. The van der Waals surface area contributed by atoms with Crippen LogP contribution in [0.3, 0.4) is 0 Å². The van der Waals surface area contributed by atoms with E-state index in [-0.39, 0.29) is 0 Å². The molecule has 0 aromatic carbocycles. The van der Waals surface area contributed by atoms with Crippen LogP contribution in [0.15, 0.2) is 0 Å². The van der Waals surface area contributed by atoms with E-state index in [9.17, 15) is 0 Å². The van der Waals surface area contributed by atoms with E-state index in [0.29, 0.717) is 0 Å². The van der Waals surface area contributed by atoms with Gasteiger partial charge in [0.15, 0.2) is 5.03 Å². The maximum Gasteiger partial charge on any atom is 0.154 e. The highest BCUT2D eigenvalue weighted by atomic mass is 16.7. The van der Waals surface area contributed by atoms with E-state index in [4.69, 9.17) is 10.1 Å². The predicted molar refractivity (Wildman–Crippen MR) is 11.2 cm³/mol. The van der Waals surface area contributed by atoms with Crippen molar-refractivity contribution in [3.63, 3.8) is 0 Å². The molecule has 2 N–H and O–H groups in total. The number of hydrogen-bond acceptors (Lipinski definition) is 2. The molecule has 4 nitrogen and oxygen atoms in total. The van der Waals surface area contributed by atoms with E-state index in [2.05, 4.69) is 5.84 Å². The Labute approximate surface area is 22.3 Å². The lowest BCUT2D eigenvalue weighted by atomic mass is 12.8. The topological polar surface area (TPSA) is 69.2 Å². The minimum Gasteiger partial charge on any atom is -0.235 e. The molecule has 0 aliphatic carbocycles. The van der Waals surface area contributed by atoms with Crippen molar-refractivity contribution in [3.05, 3.63) is 10.1 Å². The third-order valence-electron chi connectivity index (χ3n) is 0. The Morgan fingerprint density at radius 1 is 2.00 bits per heavy atom. The number of nitrogens with zero attached hydrogens (tertiary/aromatic N) is 1. The van der Waals surface area contributed by atoms with Gasteiger partial charge in [-0.15, -0.1) is 0 Å². The number of nitro groups is 1. The van der Waals surface area contributed by atoms with Crippen molar-refractivity contribution in [2.24, 2.45) is 5.84 Å². The van der Waals surface area contributed by atoms with Gasteiger partial charge in [0.05, 0.1) is 0 Å². The monoisotopic (exact) mass is 62.0 g/mol. The van der Waals surface area contributed by atoms with Gasteiger partial charge in [-0.25, -0.2) is 10.1 Å². The summed E-state index contributed by atoms with van der Waals surface area (Å²) in [6.45, 7) is 0. The Hall–Kier alpha value is -0.800. The first-order chi connectivity index (χ1) is 1.73. The van der Waals surface area contributed by atoms with Gasteiger partial charge in [-0.3, -0.25) is 0 Å². The minimum absolute atomic E-state index is 1.00. The van der Waals surface area contributed by atoms with Crippen LogP contribution in [0, 0.1) is 10.1 Å². The van der Waals surface area contributed by atoms with E-state index in [1.165, 1.54) is 0 Å². The highest BCUT2D eigenvalue weighted by Gasteiger charge is 1.57. The molecule has 0 fully saturated rings. The largest absolute Gasteiger partial charge is 0.235 e. The molecule has 0 radical (unpaired) electrons. The molecule has 0 rings (SSSR count). The normalized spacial score (nSPS) is 6.00. The van der Waals surface area contributed by atoms with Gasteiger partial charge in [0, 0.05) is 0 Å². The van der Waals surface area contributed by atoms with Gasteiger partial charge in [-0.05, 0) is 0 Å². The van der Waals surface area contributed by atoms with E-state index < -0.39 is 5.03 Å². The number of rotatable bonds is 0. The van der Waals surface area contributed by atoms with Crippen molar-refractivity contribution in [2.75, 3.05) is 0 Å². The standard InChI is InChI=1S/H2N2O2/c1-2(3)4/h1H2. The van der Waals surface area contributed by atoms with Crippen LogP contribution in [-0.4, -0.2) is 5.03 Å². The number of hydrogen-bond donors (Lipinski definition) is 1. The van der Waals surface area contributed by atoms with Crippen LogP contribution in [0.2, 0.25) is 0 Å². The lowest BCUT2D eigenvalue weighted by Gasteiger charge is -1.61. The summed E-state index contributed by atoms with van der Waals surface area (Å²) in [5, 5.41) is 7.58. The van der Waals surface area contributed by atoms with Crippen LogP contribution in [-0.2, 0) is 0 Å². The quantitative estimate of drug-likeness (QED) is 0.225. The highest BCUT2D eigenvalue weighted by Crippen LogP contribution is 1.29. The zero-order valence-electron chi connectivity index (χ0n) is 1.84. The fourth-order valence-corrected chi connectivity index (χ4v) is 0. The molecule has 0 saturated carbocycles. The average Bonchev–Trinajstić information content (AvgIpc) is 0.811. The van der Waals surface area contributed by atoms with E-state index in [1.807, 2.05) is 0 Å². The average molecular weight is 62.0 g/mol. The van der Waals surface area contributed by atoms with Crippen LogP contribution in [0.5, 0.6) is 0 Å². The summed E-state index contributed by atoms with van der Waals surface area (Å²) in [6.07, 6.45) is 0. The second-order valence-electron chi connectivity index (χ2n) is 0.285. The fraction of sp³-hybridized carbons (Fsp3) is 0. The Kier molecular flexibility index (Phi) is 0.524. The van der Waals surface area contributed by atoms with Gasteiger partial charge in [-0.1, -0.05) is 0 Å². The van der Waals surface area contributed by atoms with Gasteiger partial charge in [-0.2, -0.15) is 5.84 Å². The first kappa shape index (κ1) is 3.20. The molecular formula is H2N2O2. The van der Waals surface area contributed by atoms with Gasteiger partial charge in [0.1, 0.15) is 0 Å². The second kappa shape index (κ2) is 0.655. The van der Waals surface area contributed by atoms with Gasteiger partial charge in [0.25, 0.3) is 0 Å². The minimum atomic E-state index is -1.00. The second-order valence-corrected chi connectivity index (χ2v) is 0.285. The molecule has 0 bridgehead atoms. The molecular weight excluding hydrogens is 60.0 g/mol. The zero-order valence-corrected chi connectivity index (χ0v) is 1.84. The maximum absolute atomic E-state index is 8.58. The molecule has 0 aromatic rings. The van der Waals surface area contributed by atoms with E-state index in [1.54, 1.807) is 0 Å². The molecule has 0 amide bonds. The zero-order chi connectivity index (χ0) is 3.58. The van der Waals surface area contributed by atoms with Gasteiger partial charge < -0.3 is 0 Å². The van der Waals surface area contributed by atoms with Gasteiger partial charge >= 0.3 is 0 Å². The Morgan fingerprint density at radius 3 is 2.00 bits per heavy atom. The molecule has 4 heteroatoms. The molecule has 4 heavy (non-hydrogen) atoms. The summed E-state index contributed by atoms with van der Waals surface area (Å²) < 4.78 is 0. The smallest absolute Gasteiger partial charge is 0.154 e. The summed E-state index contributed by atoms with van der Waals surface area (Å²) in [5.41, 5.74) is 0. The van der Waals surface area contributed by atoms with Gasteiger partial charge in [0.2, 0.25) is 0 Å². The number of nitrogens with two attached hydrogens (primary N) is 1. The molecule has 0 aliphatic rings. The Balaban J connectivity index is 2.80. The molecule has 0 atom stereocenters. The molecule has 0 saturated heterocycles. The van der Waals surface area contributed by atoms with E-state index in [0.717, 1.165) is 0 Å². The van der Waals surface area contributed by atoms with Crippen molar-refractivity contribution in [1.82, 2.24) is 0 Å². The molecule has 0 spiro atoms. The molecule has 0 heterocycles. The summed E-state index contributed by atoms with van der Waals surface area (Å²) in [6, 6.07) is 0. The van der Waals surface area contributed by atoms with Crippen LogP contribution in [0.4, 0.5) is 0 Å². The first-order valence-corrected chi connectivity index (χ1v) is 0.623. The predicted octanol–water partition coefficient (Wildman–Crippen LogP) is -0.863. The van der Waals surface area contributed by atoms with Crippen LogP contribution >= 0.6 is 0 Å². The molecule has 0 aliphatic heterocycles. The maximum atomic E-state index is 8.58. The van der Waals surface area contributed by atoms with Crippen molar-refractivity contribution < 1.29 is 5.03 Å². The third kappa shape index (κ3) is 0.0750. The van der Waals surface area contributed by atoms with Crippen molar-refractivity contribution in [1.29, 1.82) is 0 Å².